The van der Waals surface area contributed by atoms with E-state index in [-0.39, 0.29) is 18.4 Å². The number of carbonyl (C=O) groups is 1. The van der Waals surface area contributed by atoms with Gasteiger partial charge in [-0.2, -0.15) is 4.98 Å². The molecule has 118 valence electrons. The van der Waals surface area contributed by atoms with E-state index in [1.165, 1.54) is 0 Å². The zero-order valence-electron chi connectivity index (χ0n) is 13.1. The lowest BCUT2D eigenvalue weighted by Crippen LogP contribution is -2.29. The fourth-order valence-electron chi connectivity index (χ4n) is 2.17. The monoisotopic (exact) mass is 303 g/mol. The lowest BCUT2D eigenvalue weighted by atomic mass is 10.0. The second kappa shape index (κ2) is 7.59. The van der Waals surface area contributed by atoms with Gasteiger partial charge in [-0.05, 0) is 25.0 Å². The van der Waals surface area contributed by atoms with E-state index in [0.717, 1.165) is 24.2 Å². The number of amides is 1. The lowest BCUT2D eigenvalue weighted by Gasteiger charge is -2.10. The zero-order chi connectivity index (χ0) is 15.9. The Morgan fingerprint density at radius 1 is 1.36 bits per heavy atom. The number of rotatable bonds is 7. The third kappa shape index (κ3) is 3.84. The summed E-state index contributed by atoms with van der Waals surface area (Å²) < 4.78 is 10.3. The Labute approximate surface area is 129 Å². The Hall–Kier alpha value is -2.37. The summed E-state index contributed by atoms with van der Waals surface area (Å²) in [6, 6.07) is 7.41. The topological polar surface area (TPSA) is 77.2 Å². The molecule has 0 spiro atoms. The van der Waals surface area contributed by atoms with Crippen LogP contribution in [0.3, 0.4) is 0 Å². The van der Waals surface area contributed by atoms with Gasteiger partial charge in [0.2, 0.25) is 17.6 Å². The minimum atomic E-state index is 0.0196. The van der Waals surface area contributed by atoms with Crippen LogP contribution in [-0.4, -0.2) is 23.2 Å². The maximum absolute atomic E-state index is 11.9. The Morgan fingerprint density at radius 3 is 2.82 bits per heavy atom. The van der Waals surface area contributed by atoms with Gasteiger partial charge in [0.1, 0.15) is 5.75 Å². The molecule has 1 aromatic heterocycles. The summed E-state index contributed by atoms with van der Waals surface area (Å²) in [6.07, 6.45) is 1.64. The maximum atomic E-state index is 11.9. The summed E-state index contributed by atoms with van der Waals surface area (Å²) in [4.78, 5) is 16.2. The molecule has 1 heterocycles. The molecule has 2 aromatic rings. The first kappa shape index (κ1) is 16.0. The Balaban J connectivity index is 2.01. The molecule has 0 saturated carbocycles. The average Bonchev–Trinajstić information content (AvgIpc) is 3.03. The fourth-order valence-corrected chi connectivity index (χ4v) is 2.17. The normalized spacial score (nSPS) is 10.7. The van der Waals surface area contributed by atoms with Crippen molar-refractivity contribution < 1.29 is 14.1 Å². The van der Waals surface area contributed by atoms with Crippen LogP contribution in [0.2, 0.25) is 0 Å². The van der Waals surface area contributed by atoms with Gasteiger partial charge in [0, 0.05) is 11.5 Å². The standard InChI is InChI=1S/C16H21N3O3/c1-4-11(5-2)16(20)17-10-14-18-15(19-22-14)12-7-6-8-13(9-12)21-3/h6-9,11H,4-5,10H2,1-3H3,(H,17,20). The van der Waals surface area contributed by atoms with Crippen molar-refractivity contribution in [1.82, 2.24) is 15.5 Å². The highest BCUT2D eigenvalue weighted by molar-refractivity contribution is 5.78. The summed E-state index contributed by atoms with van der Waals surface area (Å²) in [5.41, 5.74) is 0.806. The largest absolute Gasteiger partial charge is 0.497 e. The third-order valence-electron chi connectivity index (χ3n) is 3.57. The van der Waals surface area contributed by atoms with E-state index in [1.54, 1.807) is 7.11 Å². The van der Waals surface area contributed by atoms with Crippen LogP contribution in [0.5, 0.6) is 5.75 Å². The van der Waals surface area contributed by atoms with E-state index in [1.807, 2.05) is 38.1 Å². The van der Waals surface area contributed by atoms with Crippen molar-refractivity contribution in [2.75, 3.05) is 7.11 Å². The van der Waals surface area contributed by atoms with Crippen LogP contribution < -0.4 is 10.1 Å². The minimum absolute atomic E-state index is 0.0196. The SMILES string of the molecule is CCC(CC)C(=O)NCc1nc(-c2cccc(OC)c2)no1. The van der Waals surface area contributed by atoms with Gasteiger partial charge in [0.15, 0.2) is 0 Å². The Morgan fingerprint density at radius 2 is 2.14 bits per heavy atom. The van der Waals surface area contributed by atoms with Crippen molar-refractivity contribution in [3.8, 4) is 17.1 Å². The number of carbonyl (C=O) groups excluding carboxylic acids is 1. The molecule has 6 nitrogen and oxygen atoms in total. The third-order valence-corrected chi connectivity index (χ3v) is 3.57. The van der Waals surface area contributed by atoms with Crippen molar-refractivity contribution in [3.63, 3.8) is 0 Å². The summed E-state index contributed by atoms with van der Waals surface area (Å²) in [7, 11) is 1.61. The molecule has 0 aliphatic heterocycles. The second-order valence-electron chi connectivity index (χ2n) is 4.97. The number of benzene rings is 1. The van der Waals surface area contributed by atoms with Crippen molar-refractivity contribution in [3.05, 3.63) is 30.2 Å². The first-order chi connectivity index (χ1) is 10.7. The number of nitrogens with zero attached hydrogens (tertiary/aromatic N) is 2. The molecule has 0 bridgehead atoms. The molecule has 0 aliphatic rings. The van der Waals surface area contributed by atoms with Gasteiger partial charge < -0.3 is 14.6 Å². The van der Waals surface area contributed by atoms with Crippen LogP contribution in [-0.2, 0) is 11.3 Å². The zero-order valence-corrected chi connectivity index (χ0v) is 13.1. The molecular weight excluding hydrogens is 282 g/mol. The van der Waals surface area contributed by atoms with E-state index < -0.39 is 0 Å². The molecule has 0 aliphatic carbocycles. The van der Waals surface area contributed by atoms with Crippen LogP contribution in [0.4, 0.5) is 0 Å². The van der Waals surface area contributed by atoms with Gasteiger partial charge in [-0.15, -0.1) is 0 Å². The summed E-state index contributed by atoms with van der Waals surface area (Å²) in [5.74, 6) is 1.64. The van der Waals surface area contributed by atoms with Crippen molar-refractivity contribution in [2.24, 2.45) is 5.92 Å². The summed E-state index contributed by atoms with van der Waals surface area (Å²) in [6.45, 7) is 4.25. The molecule has 22 heavy (non-hydrogen) atoms. The molecule has 0 unspecified atom stereocenters. The molecule has 1 aromatic carbocycles. The van der Waals surface area contributed by atoms with Crippen LogP contribution in [0.1, 0.15) is 32.6 Å². The predicted octanol–water partition coefficient (Wildman–Crippen LogP) is 2.80. The minimum Gasteiger partial charge on any atom is -0.497 e. The van der Waals surface area contributed by atoms with E-state index in [0.29, 0.717) is 11.7 Å². The first-order valence-electron chi connectivity index (χ1n) is 7.42. The van der Waals surface area contributed by atoms with E-state index in [9.17, 15) is 4.79 Å². The maximum Gasteiger partial charge on any atom is 0.246 e. The quantitative estimate of drug-likeness (QED) is 0.851. The molecule has 2 rings (SSSR count). The number of aromatic nitrogens is 2. The number of hydrogen-bond donors (Lipinski definition) is 1. The van der Waals surface area contributed by atoms with E-state index in [4.69, 9.17) is 9.26 Å². The van der Waals surface area contributed by atoms with Gasteiger partial charge in [-0.1, -0.05) is 31.1 Å². The second-order valence-corrected chi connectivity index (χ2v) is 4.97. The number of ether oxygens (including phenoxy) is 1. The van der Waals surface area contributed by atoms with Gasteiger partial charge in [0.05, 0.1) is 13.7 Å². The molecular formula is C16H21N3O3. The van der Waals surface area contributed by atoms with Crippen LogP contribution in [0.25, 0.3) is 11.4 Å². The fraction of sp³-hybridized carbons (Fsp3) is 0.438. The smallest absolute Gasteiger partial charge is 0.246 e. The van der Waals surface area contributed by atoms with Crippen molar-refractivity contribution in [2.45, 2.75) is 33.2 Å². The molecule has 0 fully saturated rings. The lowest BCUT2D eigenvalue weighted by molar-refractivity contribution is -0.125. The average molecular weight is 303 g/mol. The molecule has 0 saturated heterocycles. The molecule has 1 amide bonds. The first-order valence-corrected chi connectivity index (χ1v) is 7.42. The number of hydrogen-bond acceptors (Lipinski definition) is 5. The van der Waals surface area contributed by atoms with Gasteiger partial charge in [0.25, 0.3) is 0 Å². The van der Waals surface area contributed by atoms with Crippen LogP contribution in [0, 0.1) is 5.92 Å². The van der Waals surface area contributed by atoms with E-state index >= 15 is 0 Å². The van der Waals surface area contributed by atoms with Gasteiger partial charge in [-0.25, -0.2) is 0 Å². The summed E-state index contributed by atoms with van der Waals surface area (Å²) in [5, 5.41) is 6.76. The Kier molecular flexibility index (Phi) is 5.52. The van der Waals surface area contributed by atoms with Crippen molar-refractivity contribution >= 4 is 5.91 Å². The highest BCUT2D eigenvalue weighted by Crippen LogP contribution is 2.21. The van der Waals surface area contributed by atoms with Gasteiger partial charge in [-0.3, -0.25) is 4.79 Å². The number of methoxy groups -OCH3 is 1. The van der Waals surface area contributed by atoms with Crippen LogP contribution in [0.15, 0.2) is 28.8 Å². The molecule has 0 atom stereocenters. The molecule has 6 heteroatoms. The highest BCUT2D eigenvalue weighted by Gasteiger charge is 2.15. The van der Waals surface area contributed by atoms with E-state index in [2.05, 4.69) is 15.5 Å². The molecule has 1 N–H and O–H groups in total. The van der Waals surface area contributed by atoms with Gasteiger partial charge >= 0.3 is 0 Å². The van der Waals surface area contributed by atoms with Crippen molar-refractivity contribution in [1.29, 1.82) is 0 Å². The number of nitrogens with one attached hydrogen (secondary N) is 1. The highest BCUT2D eigenvalue weighted by atomic mass is 16.5. The predicted molar refractivity (Wildman–Crippen MR) is 82.2 cm³/mol. The van der Waals surface area contributed by atoms with Crippen LogP contribution >= 0.6 is 0 Å². The summed E-state index contributed by atoms with van der Waals surface area (Å²) >= 11 is 0. The Bertz CT molecular complexity index is 621. The molecule has 0 radical (unpaired) electrons.